The van der Waals surface area contributed by atoms with Gasteiger partial charge in [0.1, 0.15) is 11.5 Å². The number of benzene rings is 2. The molecule has 2 heterocycles. The Balaban J connectivity index is 1.10. The zero-order valence-electron chi connectivity index (χ0n) is 23.6. The van der Waals surface area contributed by atoms with Gasteiger partial charge in [0.05, 0.1) is 23.4 Å². The van der Waals surface area contributed by atoms with E-state index < -0.39 is 13.2 Å². The second-order valence-electron chi connectivity index (χ2n) is 12.9. The molecule has 3 saturated carbocycles. The van der Waals surface area contributed by atoms with Crippen LogP contribution in [-0.2, 0) is 18.9 Å². The minimum Gasteiger partial charge on any atom is -0.457 e. The van der Waals surface area contributed by atoms with Gasteiger partial charge in [-0.2, -0.15) is 0 Å². The molecule has 206 valence electrons. The van der Waals surface area contributed by atoms with Crippen LogP contribution in [0.4, 0.5) is 0 Å². The van der Waals surface area contributed by atoms with E-state index in [1.54, 1.807) is 0 Å². The van der Waals surface area contributed by atoms with Gasteiger partial charge in [-0.3, -0.25) is 4.79 Å². The molecule has 3 aliphatic carbocycles. The van der Waals surface area contributed by atoms with E-state index in [-0.39, 0.29) is 29.0 Å². The number of ether oxygens (including phenoxy) is 1. The number of amides is 1. The summed E-state index contributed by atoms with van der Waals surface area (Å²) in [5.74, 6) is 2.55. The Morgan fingerprint density at radius 3 is 2.62 bits per heavy atom. The molecule has 0 spiro atoms. The highest BCUT2D eigenvalue weighted by atomic mass is 16.7. The Labute approximate surface area is 231 Å². The molecule has 8 heteroatoms. The number of para-hydroxylation sites is 1. The smallest absolute Gasteiger partial charge is 0.457 e. The first-order valence-corrected chi connectivity index (χ1v) is 14.3. The molecule has 4 fully saturated rings. The molecular formula is C31H39BN2O5. The Morgan fingerprint density at radius 2 is 1.87 bits per heavy atom. The lowest BCUT2D eigenvalue weighted by atomic mass is 9.43. The lowest BCUT2D eigenvalue weighted by Gasteiger charge is -2.64. The lowest BCUT2D eigenvalue weighted by molar-refractivity contribution is -0.199. The number of oxime groups is 1. The second-order valence-corrected chi connectivity index (χ2v) is 12.9. The third kappa shape index (κ3) is 4.86. The summed E-state index contributed by atoms with van der Waals surface area (Å²) in [6.07, 6.45) is 2.75. The van der Waals surface area contributed by atoms with Gasteiger partial charge in [-0.1, -0.05) is 63.2 Å². The molecule has 39 heavy (non-hydrogen) atoms. The minimum absolute atomic E-state index is 0.0777. The van der Waals surface area contributed by atoms with Crippen molar-refractivity contribution in [1.82, 2.24) is 5.32 Å². The number of nitrogens with zero attached hydrogens (tertiary/aromatic N) is 1. The van der Waals surface area contributed by atoms with Crippen LogP contribution in [0.2, 0.25) is 0 Å². The van der Waals surface area contributed by atoms with E-state index in [4.69, 9.17) is 18.9 Å². The van der Waals surface area contributed by atoms with Crippen LogP contribution in [0.25, 0.3) is 0 Å². The normalized spacial score (nSPS) is 31.1. The fraction of sp³-hybridized carbons (Fsp3) is 0.548. The van der Waals surface area contributed by atoms with Crippen LogP contribution in [0.15, 0.2) is 59.8 Å². The zero-order chi connectivity index (χ0) is 27.4. The van der Waals surface area contributed by atoms with Crippen LogP contribution in [0.1, 0.15) is 65.9 Å². The summed E-state index contributed by atoms with van der Waals surface area (Å²) in [5, 5.41) is 7.47. The largest absolute Gasteiger partial charge is 0.481 e. The van der Waals surface area contributed by atoms with E-state index in [1.807, 2.05) is 54.6 Å². The van der Waals surface area contributed by atoms with Gasteiger partial charge < -0.3 is 24.2 Å². The molecular weight excluding hydrogens is 491 g/mol. The molecule has 0 aromatic heterocycles. The number of rotatable bonds is 8. The van der Waals surface area contributed by atoms with Crippen molar-refractivity contribution in [3.63, 3.8) is 0 Å². The average molecular weight is 530 g/mol. The van der Waals surface area contributed by atoms with Crippen molar-refractivity contribution < 1.29 is 23.7 Å². The molecule has 2 aliphatic heterocycles. The van der Waals surface area contributed by atoms with Crippen molar-refractivity contribution in [3.8, 4) is 11.5 Å². The van der Waals surface area contributed by atoms with Gasteiger partial charge in [-0.25, -0.2) is 0 Å². The second kappa shape index (κ2) is 9.97. The highest BCUT2D eigenvalue weighted by Gasteiger charge is 2.68. The van der Waals surface area contributed by atoms with Crippen molar-refractivity contribution in [2.45, 2.75) is 84.1 Å². The number of carbonyl (C=O) groups is 1. The van der Waals surface area contributed by atoms with Gasteiger partial charge in [-0.05, 0) is 73.6 Å². The first-order valence-electron chi connectivity index (χ1n) is 14.3. The number of nitrogens with one attached hydrogen (secondary N) is 1. The maximum absolute atomic E-state index is 13.4. The molecule has 6 atom stereocenters. The molecule has 5 aliphatic rings. The predicted molar refractivity (Wildman–Crippen MR) is 150 cm³/mol. The van der Waals surface area contributed by atoms with Crippen LogP contribution in [0.5, 0.6) is 11.5 Å². The fourth-order valence-corrected chi connectivity index (χ4v) is 7.14. The number of hydrogen-bond acceptors (Lipinski definition) is 6. The summed E-state index contributed by atoms with van der Waals surface area (Å²) in [4.78, 5) is 19.0. The summed E-state index contributed by atoms with van der Waals surface area (Å²) in [6.45, 7) is 11.2. The van der Waals surface area contributed by atoms with E-state index in [9.17, 15) is 4.79 Å². The van der Waals surface area contributed by atoms with Crippen LogP contribution in [0, 0.1) is 23.2 Å². The average Bonchev–Trinajstić information content (AvgIpc) is 3.53. The lowest BCUT2D eigenvalue weighted by Crippen LogP contribution is -2.65. The molecule has 7 nitrogen and oxygen atoms in total. The predicted octanol–water partition coefficient (Wildman–Crippen LogP) is 5.77. The van der Waals surface area contributed by atoms with Crippen LogP contribution in [0.3, 0.4) is 0 Å². The van der Waals surface area contributed by atoms with Gasteiger partial charge in [-0.15, -0.1) is 0 Å². The summed E-state index contributed by atoms with van der Waals surface area (Å²) in [7, 11) is -0.463. The summed E-state index contributed by atoms with van der Waals surface area (Å²) in [5.41, 5.74) is 1.56. The van der Waals surface area contributed by atoms with Gasteiger partial charge >= 0.3 is 7.12 Å². The van der Waals surface area contributed by atoms with Crippen LogP contribution < -0.4 is 10.1 Å². The van der Waals surface area contributed by atoms with Crippen LogP contribution >= 0.6 is 0 Å². The molecule has 1 saturated heterocycles. The Bertz CT molecular complexity index is 1250. The molecule has 0 radical (unpaired) electrons. The maximum Gasteiger partial charge on any atom is 0.481 e. The maximum atomic E-state index is 13.4. The SMILES string of the molecule is CC(C)C[C@H](NC(=O)C1CC(c2cccc(Oc3ccccc3)c2)=NO1)B1O[C@@H]2C[C@@H]3C[C@@H](C3(C)C)[C@]2(C)O1. The van der Waals surface area contributed by atoms with E-state index in [0.717, 1.165) is 29.9 Å². The Morgan fingerprint density at radius 1 is 1.10 bits per heavy atom. The molecule has 1 N–H and O–H groups in total. The summed E-state index contributed by atoms with van der Waals surface area (Å²) >= 11 is 0. The first-order chi connectivity index (χ1) is 18.6. The first kappa shape index (κ1) is 26.4. The van der Waals surface area contributed by atoms with E-state index in [1.165, 1.54) is 6.42 Å². The third-order valence-electron chi connectivity index (χ3n) is 9.46. The standard InChI is InChI=1S/C31H39BN2O5/c1-19(2)14-28(32-37-27-17-21-16-26(30(21,3)4)31(27,5)39-32)33-29(35)25-18-24(34-38-25)20-10-9-13-23(15-20)36-22-11-7-6-8-12-22/h6-13,15,19,21,25-28H,14,16-18H2,1-5H3,(H,33,35)/t21-,25?,26-,27+,28-,31-/m0/s1. The van der Waals surface area contributed by atoms with E-state index >= 15 is 0 Å². The quantitative estimate of drug-likeness (QED) is 0.439. The summed E-state index contributed by atoms with van der Waals surface area (Å²) < 4.78 is 19.2. The van der Waals surface area contributed by atoms with Gasteiger partial charge in [0, 0.05) is 12.0 Å². The molecule has 7 rings (SSSR count). The van der Waals surface area contributed by atoms with Crippen molar-refractivity contribution in [2.24, 2.45) is 28.3 Å². The van der Waals surface area contributed by atoms with Gasteiger partial charge in [0.25, 0.3) is 5.91 Å². The van der Waals surface area contributed by atoms with Crippen LogP contribution in [-0.4, -0.2) is 42.5 Å². The van der Waals surface area contributed by atoms with Crippen molar-refractivity contribution in [1.29, 1.82) is 0 Å². The monoisotopic (exact) mass is 530 g/mol. The topological polar surface area (TPSA) is 78.4 Å². The highest BCUT2D eigenvalue weighted by molar-refractivity contribution is 6.48. The number of hydrogen-bond donors (Lipinski definition) is 1. The summed E-state index contributed by atoms with van der Waals surface area (Å²) in [6, 6.07) is 17.3. The Kier molecular flexibility index (Phi) is 6.75. The molecule has 2 bridgehead atoms. The van der Waals surface area contributed by atoms with Gasteiger partial charge in [0.2, 0.25) is 6.10 Å². The van der Waals surface area contributed by atoms with Crippen molar-refractivity contribution in [3.05, 3.63) is 60.2 Å². The minimum atomic E-state index is -0.695. The van der Waals surface area contributed by atoms with E-state index in [0.29, 0.717) is 29.9 Å². The molecule has 2 aromatic carbocycles. The van der Waals surface area contributed by atoms with Gasteiger partial charge in [0.15, 0.2) is 0 Å². The van der Waals surface area contributed by atoms with Crippen molar-refractivity contribution in [2.75, 3.05) is 0 Å². The molecule has 1 unspecified atom stereocenters. The highest BCUT2D eigenvalue weighted by Crippen LogP contribution is 2.65. The zero-order valence-corrected chi connectivity index (χ0v) is 23.6. The third-order valence-corrected chi connectivity index (χ3v) is 9.46. The van der Waals surface area contributed by atoms with Crippen molar-refractivity contribution >= 4 is 18.7 Å². The Hall–Kier alpha value is -2.84. The number of carbonyl (C=O) groups excluding carboxylic acids is 1. The molecule has 2 aromatic rings. The van der Waals surface area contributed by atoms with E-state index in [2.05, 4.69) is 45.1 Å². The molecule has 1 amide bonds. The fourth-order valence-electron chi connectivity index (χ4n) is 7.14.